The lowest BCUT2D eigenvalue weighted by Gasteiger charge is -1.97. The summed E-state index contributed by atoms with van der Waals surface area (Å²) in [7, 11) is 0. The third kappa shape index (κ3) is 1.61. The van der Waals surface area contributed by atoms with Crippen LogP contribution in [0.25, 0.3) is 0 Å². The van der Waals surface area contributed by atoms with Crippen molar-refractivity contribution in [2.75, 3.05) is 0 Å². The van der Waals surface area contributed by atoms with Crippen molar-refractivity contribution < 1.29 is 0 Å². The summed E-state index contributed by atoms with van der Waals surface area (Å²) in [6.07, 6.45) is 0. The maximum Gasteiger partial charge on any atom is 0.0554 e. The Morgan fingerprint density at radius 1 is 1.40 bits per heavy atom. The van der Waals surface area contributed by atoms with Crippen LogP contribution in [0.15, 0.2) is 29.2 Å². The molecule has 0 bridgehead atoms. The van der Waals surface area contributed by atoms with Gasteiger partial charge in [0, 0.05) is 4.90 Å². The van der Waals surface area contributed by atoms with Gasteiger partial charge in [0.1, 0.15) is 0 Å². The zero-order valence-corrected chi connectivity index (χ0v) is 6.61. The van der Waals surface area contributed by atoms with E-state index in [1.165, 1.54) is 22.9 Å². The molecule has 1 N–H and O–H groups in total. The highest BCUT2D eigenvalue weighted by molar-refractivity contribution is 8.12. The fourth-order valence-corrected chi connectivity index (χ4v) is 1.29. The van der Waals surface area contributed by atoms with Gasteiger partial charge in [0.25, 0.3) is 0 Å². The van der Waals surface area contributed by atoms with Gasteiger partial charge in [-0.1, -0.05) is 30.0 Å². The summed E-state index contributed by atoms with van der Waals surface area (Å²) < 4.78 is 0. The van der Waals surface area contributed by atoms with Gasteiger partial charge < -0.3 is 5.41 Å². The van der Waals surface area contributed by atoms with Crippen molar-refractivity contribution in [2.24, 2.45) is 0 Å². The quantitative estimate of drug-likeness (QED) is 0.392. The highest BCUT2D eigenvalue weighted by Crippen LogP contribution is 2.18. The molecule has 0 aliphatic heterocycles. The second-order valence-corrected chi connectivity index (χ2v) is 2.91. The molecule has 0 spiro atoms. The van der Waals surface area contributed by atoms with E-state index < -0.39 is 0 Å². The van der Waals surface area contributed by atoms with Crippen molar-refractivity contribution in [1.82, 2.24) is 0 Å². The van der Waals surface area contributed by atoms with Gasteiger partial charge in [-0.05, 0) is 18.6 Å². The molecule has 10 heavy (non-hydrogen) atoms. The van der Waals surface area contributed by atoms with E-state index in [0.717, 1.165) is 4.90 Å². The number of thioether (sulfide) groups is 1. The van der Waals surface area contributed by atoms with Crippen molar-refractivity contribution in [3.05, 3.63) is 29.8 Å². The first-order chi connectivity index (χ1) is 4.84. The molecule has 0 aliphatic carbocycles. The summed E-state index contributed by atoms with van der Waals surface area (Å²) in [6.45, 7) is 2.05. The number of hydrogen-bond acceptors (Lipinski definition) is 2. The van der Waals surface area contributed by atoms with Crippen LogP contribution in [0.3, 0.4) is 0 Å². The van der Waals surface area contributed by atoms with Crippen molar-refractivity contribution in [3.8, 4) is 0 Å². The van der Waals surface area contributed by atoms with Crippen LogP contribution in [0.4, 0.5) is 0 Å². The third-order valence-electron chi connectivity index (χ3n) is 1.28. The second-order valence-electron chi connectivity index (χ2n) is 2.00. The Bertz CT molecular complexity index is 232. The summed E-state index contributed by atoms with van der Waals surface area (Å²) in [5.74, 6) is 0. The number of benzene rings is 1. The van der Waals surface area contributed by atoms with E-state index in [-0.39, 0.29) is 0 Å². The summed E-state index contributed by atoms with van der Waals surface area (Å²) in [5, 5.41) is 6.87. The Labute approximate surface area is 65.0 Å². The predicted octanol–water partition coefficient (Wildman–Crippen LogP) is 2.69. The highest BCUT2D eigenvalue weighted by Gasteiger charge is 1.92. The molecule has 0 atom stereocenters. The number of nitrogens with one attached hydrogen (secondary N) is 1. The topological polar surface area (TPSA) is 23.9 Å². The van der Waals surface area contributed by atoms with E-state index in [2.05, 4.69) is 0 Å². The van der Waals surface area contributed by atoms with E-state index in [1.54, 1.807) is 0 Å². The Morgan fingerprint density at radius 3 is 2.70 bits per heavy atom. The number of aryl methyl sites for hydroxylation is 1. The summed E-state index contributed by atoms with van der Waals surface area (Å²) >= 11 is 1.44. The molecule has 1 aromatic rings. The SMILES string of the molecule is Cc1ccccc1SC=N. The second kappa shape index (κ2) is 3.42. The normalized spacial score (nSPS) is 9.30. The molecule has 1 aromatic carbocycles. The first kappa shape index (κ1) is 7.35. The summed E-state index contributed by atoms with van der Waals surface area (Å²) in [4.78, 5) is 1.16. The van der Waals surface area contributed by atoms with Gasteiger partial charge in [-0.25, -0.2) is 0 Å². The van der Waals surface area contributed by atoms with Gasteiger partial charge >= 0.3 is 0 Å². The van der Waals surface area contributed by atoms with Crippen LogP contribution in [-0.4, -0.2) is 5.55 Å². The lowest BCUT2D eigenvalue weighted by atomic mass is 10.2. The fraction of sp³-hybridized carbons (Fsp3) is 0.125. The van der Waals surface area contributed by atoms with Gasteiger partial charge in [-0.15, -0.1) is 0 Å². The molecule has 0 radical (unpaired) electrons. The Kier molecular flexibility index (Phi) is 2.51. The monoisotopic (exact) mass is 151 g/mol. The molecule has 0 unspecified atom stereocenters. The fourth-order valence-electron chi connectivity index (χ4n) is 0.752. The third-order valence-corrected chi connectivity index (χ3v) is 2.11. The largest absolute Gasteiger partial charge is 0.302 e. The average molecular weight is 151 g/mol. The van der Waals surface area contributed by atoms with Gasteiger partial charge in [0.2, 0.25) is 0 Å². The van der Waals surface area contributed by atoms with E-state index in [1.807, 2.05) is 31.2 Å². The Balaban J connectivity index is 2.91. The van der Waals surface area contributed by atoms with Gasteiger partial charge in [-0.2, -0.15) is 0 Å². The molecule has 2 heteroatoms. The molecule has 1 rings (SSSR count). The lowest BCUT2D eigenvalue weighted by molar-refractivity contribution is 1.31. The molecule has 52 valence electrons. The number of hydrogen-bond donors (Lipinski definition) is 1. The van der Waals surface area contributed by atoms with Gasteiger partial charge in [-0.3, -0.25) is 0 Å². The van der Waals surface area contributed by atoms with Crippen LogP contribution in [0.5, 0.6) is 0 Å². The Morgan fingerprint density at radius 2 is 2.10 bits per heavy atom. The summed E-state index contributed by atoms with van der Waals surface area (Å²) in [6, 6.07) is 8.05. The van der Waals surface area contributed by atoms with Crippen LogP contribution in [0.1, 0.15) is 5.56 Å². The van der Waals surface area contributed by atoms with Crippen LogP contribution in [-0.2, 0) is 0 Å². The highest BCUT2D eigenvalue weighted by atomic mass is 32.2. The van der Waals surface area contributed by atoms with E-state index in [9.17, 15) is 0 Å². The first-order valence-electron chi connectivity index (χ1n) is 3.06. The van der Waals surface area contributed by atoms with Crippen LogP contribution >= 0.6 is 11.8 Å². The Hall–Kier alpha value is -0.760. The molecule has 0 amide bonds. The molecular weight excluding hydrogens is 142 g/mol. The predicted molar refractivity (Wildman–Crippen MR) is 45.8 cm³/mol. The van der Waals surface area contributed by atoms with Gasteiger partial charge in [0.05, 0.1) is 5.55 Å². The van der Waals surface area contributed by atoms with E-state index >= 15 is 0 Å². The molecule has 0 fully saturated rings. The van der Waals surface area contributed by atoms with Crippen LogP contribution < -0.4 is 0 Å². The van der Waals surface area contributed by atoms with E-state index in [4.69, 9.17) is 5.41 Å². The van der Waals surface area contributed by atoms with E-state index in [0.29, 0.717) is 0 Å². The van der Waals surface area contributed by atoms with Crippen LogP contribution in [0, 0.1) is 12.3 Å². The van der Waals surface area contributed by atoms with Crippen molar-refractivity contribution in [2.45, 2.75) is 11.8 Å². The molecule has 0 heterocycles. The lowest BCUT2D eigenvalue weighted by Crippen LogP contribution is -1.75. The van der Waals surface area contributed by atoms with Crippen molar-refractivity contribution in [1.29, 1.82) is 5.41 Å². The maximum absolute atomic E-state index is 6.87. The minimum atomic E-state index is 1.16. The molecule has 0 aliphatic rings. The molecular formula is C8H9NS. The minimum Gasteiger partial charge on any atom is -0.302 e. The van der Waals surface area contributed by atoms with Crippen molar-refractivity contribution >= 4 is 17.3 Å². The molecule has 0 saturated heterocycles. The number of rotatable bonds is 2. The van der Waals surface area contributed by atoms with Gasteiger partial charge in [0.15, 0.2) is 0 Å². The zero-order valence-electron chi connectivity index (χ0n) is 5.79. The van der Waals surface area contributed by atoms with Crippen LogP contribution in [0.2, 0.25) is 0 Å². The molecule has 1 nitrogen and oxygen atoms in total. The average Bonchev–Trinajstić information content (AvgIpc) is 1.94. The zero-order chi connectivity index (χ0) is 7.40. The molecule has 0 saturated carbocycles. The standard InChI is InChI=1S/C8H9NS/c1-7-4-2-3-5-8(7)10-6-9/h2-6,9H,1H3. The smallest absolute Gasteiger partial charge is 0.0554 e. The summed E-state index contributed by atoms with van der Waals surface area (Å²) in [5.41, 5.74) is 2.58. The maximum atomic E-state index is 6.87. The minimum absolute atomic E-state index is 1.16. The first-order valence-corrected chi connectivity index (χ1v) is 3.94. The van der Waals surface area contributed by atoms with Crippen molar-refractivity contribution in [3.63, 3.8) is 0 Å². The molecule has 0 aromatic heterocycles.